The van der Waals surface area contributed by atoms with Crippen LogP contribution in [0, 0.1) is 0 Å². The van der Waals surface area contributed by atoms with Crippen LogP contribution in [0.1, 0.15) is 0 Å². The highest BCUT2D eigenvalue weighted by atomic mass is 32.2. The lowest BCUT2D eigenvalue weighted by Gasteiger charge is -2.11. The molecule has 0 aliphatic rings. The van der Waals surface area contributed by atoms with E-state index >= 15 is 0 Å². The van der Waals surface area contributed by atoms with E-state index in [0.29, 0.717) is 5.75 Å². The van der Waals surface area contributed by atoms with Gasteiger partial charge in [0.05, 0.1) is 5.69 Å². The van der Waals surface area contributed by atoms with E-state index in [0.717, 1.165) is 15.5 Å². The van der Waals surface area contributed by atoms with Gasteiger partial charge in [0.1, 0.15) is 5.75 Å². The molecule has 3 nitrogen and oxygen atoms in total. The van der Waals surface area contributed by atoms with Crippen LogP contribution in [0.5, 0.6) is 5.75 Å². The number of carbonyl (C=O) groups excluding carboxylic acids is 1. The molecule has 0 radical (unpaired) electrons. The van der Waals surface area contributed by atoms with Crippen molar-refractivity contribution < 1.29 is 9.53 Å². The predicted molar refractivity (Wildman–Crippen MR) is 97.6 cm³/mol. The minimum absolute atomic E-state index is 0.0195. The van der Waals surface area contributed by atoms with Gasteiger partial charge in [-0.05, 0) is 36.4 Å². The summed E-state index contributed by atoms with van der Waals surface area (Å²) in [7, 11) is 0. The Bertz CT molecular complexity index is 791. The van der Waals surface area contributed by atoms with Gasteiger partial charge in [0.15, 0.2) is 6.61 Å². The first kappa shape index (κ1) is 16.1. The van der Waals surface area contributed by atoms with Crippen LogP contribution in [0.2, 0.25) is 0 Å². The molecule has 0 atom stereocenters. The summed E-state index contributed by atoms with van der Waals surface area (Å²) in [5.74, 6) is 0.500. The van der Waals surface area contributed by atoms with Crippen molar-refractivity contribution in [3.05, 3.63) is 84.9 Å². The van der Waals surface area contributed by atoms with Crippen molar-refractivity contribution in [2.45, 2.75) is 9.79 Å². The van der Waals surface area contributed by atoms with Crippen LogP contribution in [0.3, 0.4) is 0 Å². The Labute approximate surface area is 145 Å². The average molecular weight is 335 g/mol. The van der Waals surface area contributed by atoms with Gasteiger partial charge in [0.25, 0.3) is 5.91 Å². The smallest absolute Gasteiger partial charge is 0.262 e. The molecular formula is C20H17NO2S. The number of carbonyl (C=O) groups is 1. The quantitative estimate of drug-likeness (QED) is 0.699. The number of rotatable bonds is 6. The number of benzene rings is 3. The van der Waals surface area contributed by atoms with Gasteiger partial charge in [-0.15, -0.1) is 0 Å². The van der Waals surface area contributed by atoms with E-state index in [1.165, 1.54) is 0 Å². The highest BCUT2D eigenvalue weighted by Gasteiger charge is 2.08. The number of hydrogen-bond acceptors (Lipinski definition) is 3. The summed E-state index contributed by atoms with van der Waals surface area (Å²) in [5, 5.41) is 2.92. The van der Waals surface area contributed by atoms with E-state index in [1.807, 2.05) is 84.9 Å². The van der Waals surface area contributed by atoms with Crippen molar-refractivity contribution in [1.82, 2.24) is 0 Å². The Hall–Kier alpha value is -2.72. The summed E-state index contributed by atoms with van der Waals surface area (Å²) in [6.45, 7) is -0.0195. The maximum absolute atomic E-state index is 12.1. The molecule has 0 aliphatic heterocycles. The van der Waals surface area contributed by atoms with Gasteiger partial charge in [-0.1, -0.05) is 60.3 Å². The second kappa shape index (κ2) is 8.22. The Morgan fingerprint density at radius 3 is 2.21 bits per heavy atom. The van der Waals surface area contributed by atoms with E-state index < -0.39 is 0 Å². The van der Waals surface area contributed by atoms with Crippen molar-refractivity contribution in [3.8, 4) is 5.75 Å². The fraction of sp³-hybridized carbons (Fsp3) is 0.0500. The fourth-order valence-electron chi connectivity index (χ4n) is 2.13. The van der Waals surface area contributed by atoms with Crippen LogP contribution >= 0.6 is 11.8 Å². The zero-order valence-electron chi connectivity index (χ0n) is 13.0. The summed E-state index contributed by atoms with van der Waals surface area (Å²) >= 11 is 1.62. The number of amides is 1. The van der Waals surface area contributed by atoms with Crippen molar-refractivity contribution in [1.29, 1.82) is 0 Å². The summed E-state index contributed by atoms with van der Waals surface area (Å²) in [5.41, 5.74) is 0.785. The Kier molecular flexibility index (Phi) is 5.53. The van der Waals surface area contributed by atoms with Gasteiger partial charge in [0.2, 0.25) is 0 Å². The van der Waals surface area contributed by atoms with Gasteiger partial charge in [-0.2, -0.15) is 0 Å². The van der Waals surface area contributed by atoms with Crippen molar-refractivity contribution >= 4 is 23.4 Å². The third-order valence-corrected chi connectivity index (χ3v) is 4.33. The molecule has 0 heterocycles. The largest absolute Gasteiger partial charge is 0.484 e. The minimum atomic E-state index is -0.181. The molecule has 24 heavy (non-hydrogen) atoms. The van der Waals surface area contributed by atoms with Crippen LogP contribution in [-0.2, 0) is 4.79 Å². The first-order chi connectivity index (χ1) is 11.8. The highest BCUT2D eigenvalue weighted by molar-refractivity contribution is 7.99. The van der Waals surface area contributed by atoms with Crippen molar-refractivity contribution in [3.63, 3.8) is 0 Å². The molecule has 0 aromatic heterocycles. The molecule has 0 spiro atoms. The van der Waals surface area contributed by atoms with Crippen LogP contribution < -0.4 is 10.1 Å². The monoisotopic (exact) mass is 335 g/mol. The number of hydrogen-bond donors (Lipinski definition) is 1. The molecule has 0 fully saturated rings. The molecule has 0 bridgehead atoms. The lowest BCUT2D eigenvalue weighted by atomic mass is 10.3. The molecule has 1 amide bonds. The maximum Gasteiger partial charge on any atom is 0.262 e. The first-order valence-electron chi connectivity index (χ1n) is 7.61. The molecule has 4 heteroatoms. The molecule has 0 unspecified atom stereocenters. The van der Waals surface area contributed by atoms with E-state index in [9.17, 15) is 4.79 Å². The molecule has 0 saturated heterocycles. The topological polar surface area (TPSA) is 38.3 Å². The predicted octanol–water partition coefficient (Wildman–Crippen LogP) is 4.86. The summed E-state index contributed by atoms with van der Waals surface area (Å²) in [6.07, 6.45) is 0. The van der Waals surface area contributed by atoms with E-state index in [-0.39, 0.29) is 12.5 Å². The zero-order valence-corrected chi connectivity index (χ0v) is 13.8. The molecule has 0 aliphatic carbocycles. The minimum Gasteiger partial charge on any atom is -0.484 e. The van der Waals surface area contributed by atoms with Crippen LogP contribution in [0.25, 0.3) is 0 Å². The Morgan fingerprint density at radius 2 is 1.46 bits per heavy atom. The number of para-hydroxylation sites is 2. The normalized spacial score (nSPS) is 10.2. The fourth-order valence-corrected chi connectivity index (χ4v) is 3.05. The van der Waals surface area contributed by atoms with E-state index in [2.05, 4.69) is 5.32 Å². The Morgan fingerprint density at radius 1 is 0.833 bits per heavy atom. The SMILES string of the molecule is O=C(COc1ccccc1)Nc1ccccc1Sc1ccccc1. The van der Waals surface area contributed by atoms with Crippen LogP contribution in [0.15, 0.2) is 94.7 Å². The molecule has 3 aromatic rings. The number of anilines is 1. The standard InChI is InChI=1S/C20H17NO2S/c22-20(15-23-16-9-3-1-4-10-16)21-18-13-7-8-14-19(18)24-17-11-5-2-6-12-17/h1-14H,15H2,(H,21,22). The molecule has 3 rings (SSSR count). The van der Waals surface area contributed by atoms with Crippen LogP contribution in [-0.4, -0.2) is 12.5 Å². The lowest BCUT2D eigenvalue weighted by molar-refractivity contribution is -0.118. The highest BCUT2D eigenvalue weighted by Crippen LogP contribution is 2.33. The van der Waals surface area contributed by atoms with Crippen molar-refractivity contribution in [2.75, 3.05) is 11.9 Å². The molecule has 120 valence electrons. The third kappa shape index (κ3) is 4.64. The Balaban J connectivity index is 1.63. The molecule has 3 aromatic carbocycles. The van der Waals surface area contributed by atoms with Gasteiger partial charge in [-0.3, -0.25) is 4.79 Å². The van der Waals surface area contributed by atoms with E-state index in [1.54, 1.807) is 11.8 Å². The zero-order chi connectivity index (χ0) is 16.6. The maximum atomic E-state index is 12.1. The lowest BCUT2D eigenvalue weighted by Crippen LogP contribution is -2.20. The summed E-state index contributed by atoms with van der Waals surface area (Å²) < 4.78 is 5.48. The average Bonchev–Trinajstić information content (AvgIpc) is 2.63. The van der Waals surface area contributed by atoms with E-state index in [4.69, 9.17) is 4.74 Å². The number of nitrogens with one attached hydrogen (secondary N) is 1. The second-order valence-electron chi connectivity index (χ2n) is 5.06. The van der Waals surface area contributed by atoms with Crippen molar-refractivity contribution in [2.24, 2.45) is 0 Å². The van der Waals surface area contributed by atoms with Crippen LogP contribution in [0.4, 0.5) is 5.69 Å². The first-order valence-corrected chi connectivity index (χ1v) is 8.42. The van der Waals surface area contributed by atoms with Gasteiger partial charge in [0, 0.05) is 9.79 Å². The molecule has 1 N–H and O–H groups in total. The molecule has 0 saturated carbocycles. The van der Waals surface area contributed by atoms with Gasteiger partial charge >= 0.3 is 0 Å². The molecular weight excluding hydrogens is 318 g/mol. The van der Waals surface area contributed by atoms with Gasteiger partial charge in [-0.25, -0.2) is 0 Å². The number of ether oxygens (including phenoxy) is 1. The summed E-state index contributed by atoms with van der Waals surface area (Å²) in [4.78, 5) is 14.3. The summed E-state index contributed by atoms with van der Waals surface area (Å²) in [6, 6.07) is 27.1. The van der Waals surface area contributed by atoms with Gasteiger partial charge < -0.3 is 10.1 Å². The third-order valence-electron chi connectivity index (χ3n) is 3.25. The second-order valence-corrected chi connectivity index (χ2v) is 6.18.